The fraction of sp³-hybridized carbons (Fsp3) is 0.333. The van der Waals surface area contributed by atoms with Crippen molar-refractivity contribution < 1.29 is 9.59 Å². The highest BCUT2D eigenvalue weighted by Gasteiger charge is 2.19. The highest BCUT2D eigenvalue weighted by atomic mass is 16.2. The van der Waals surface area contributed by atoms with Crippen LogP contribution in [0.3, 0.4) is 0 Å². The molecule has 0 aromatic carbocycles. The molecule has 0 atom stereocenters. The summed E-state index contributed by atoms with van der Waals surface area (Å²) >= 11 is 0. The van der Waals surface area contributed by atoms with E-state index >= 15 is 0 Å². The van der Waals surface area contributed by atoms with Crippen molar-refractivity contribution in [3.8, 4) is 0 Å². The minimum absolute atomic E-state index is 0.00301. The van der Waals surface area contributed by atoms with Gasteiger partial charge in [0.15, 0.2) is 0 Å². The van der Waals surface area contributed by atoms with Crippen LogP contribution in [0.25, 0.3) is 0 Å². The smallest absolute Gasteiger partial charge is 0.280 e. The summed E-state index contributed by atoms with van der Waals surface area (Å²) in [6.07, 6.45) is 2.14. The molecular weight excluding hydrogens is 212 g/mol. The van der Waals surface area contributed by atoms with Crippen LogP contribution in [-0.4, -0.2) is 39.8 Å². The minimum atomic E-state index is -0.575. The molecule has 1 aromatic rings. The average Bonchev–Trinajstić information content (AvgIpc) is 2.25. The maximum atomic E-state index is 11.8. The number of H-pyrrole nitrogens is 1. The summed E-state index contributed by atoms with van der Waals surface area (Å²) in [7, 11) is 0. The quantitative estimate of drug-likeness (QED) is 0.664. The Labute approximate surface area is 91.3 Å². The third-order valence-corrected chi connectivity index (χ3v) is 1.87. The van der Waals surface area contributed by atoms with Crippen LogP contribution in [0.4, 0.5) is 0 Å². The average molecular weight is 224 g/mol. The number of hydrogen-bond donors (Lipinski definition) is 2. The summed E-state index contributed by atoms with van der Waals surface area (Å²) in [4.78, 5) is 40.6. The van der Waals surface area contributed by atoms with Gasteiger partial charge in [-0.2, -0.15) is 0 Å². The Morgan fingerprint density at radius 2 is 2.25 bits per heavy atom. The summed E-state index contributed by atoms with van der Waals surface area (Å²) in [5.41, 5.74) is 4.87. The van der Waals surface area contributed by atoms with Crippen LogP contribution in [0.1, 0.15) is 17.4 Å². The summed E-state index contributed by atoms with van der Waals surface area (Å²) in [5.74, 6) is -0.988. The number of aromatic amines is 1. The van der Waals surface area contributed by atoms with E-state index in [0.29, 0.717) is 0 Å². The Morgan fingerprint density at radius 1 is 1.56 bits per heavy atom. The first kappa shape index (κ1) is 12.1. The molecule has 1 heterocycles. The van der Waals surface area contributed by atoms with Crippen molar-refractivity contribution in [3.63, 3.8) is 0 Å². The summed E-state index contributed by atoms with van der Waals surface area (Å²) in [6, 6.07) is 0. The molecule has 0 bridgehead atoms. The van der Waals surface area contributed by atoms with Gasteiger partial charge in [0.2, 0.25) is 5.91 Å². The standard InChI is InChI=1S/C9H12N4O3/c1-6(14)13(3-2-10)9(16)7-4-12-8(15)5-11-7/h4-5H,2-3,10H2,1H3,(H,12,15). The van der Waals surface area contributed by atoms with Gasteiger partial charge in [0.25, 0.3) is 11.5 Å². The van der Waals surface area contributed by atoms with E-state index in [4.69, 9.17) is 5.73 Å². The van der Waals surface area contributed by atoms with Crippen LogP contribution in [0, 0.1) is 0 Å². The predicted molar refractivity (Wildman–Crippen MR) is 55.6 cm³/mol. The zero-order valence-electron chi connectivity index (χ0n) is 8.77. The number of rotatable bonds is 3. The topological polar surface area (TPSA) is 109 Å². The number of carbonyl (C=O) groups is 2. The molecule has 2 amide bonds. The summed E-state index contributed by atoms with van der Waals surface area (Å²) < 4.78 is 0. The van der Waals surface area contributed by atoms with Gasteiger partial charge < -0.3 is 10.7 Å². The number of nitrogens with two attached hydrogens (primary N) is 1. The van der Waals surface area contributed by atoms with Crippen molar-refractivity contribution >= 4 is 11.8 Å². The van der Waals surface area contributed by atoms with Gasteiger partial charge in [-0.25, -0.2) is 4.98 Å². The molecule has 0 spiro atoms. The number of hydrogen-bond acceptors (Lipinski definition) is 5. The number of nitrogens with zero attached hydrogens (tertiary/aromatic N) is 2. The van der Waals surface area contributed by atoms with E-state index in [0.717, 1.165) is 17.3 Å². The van der Waals surface area contributed by atoms with Gasteiger partial charge in [-0.15, -0.1) is 0 Å². The summed E-state index contributed by atoms with van der Waals surface area (Å²) in [6.45, 7) is 1.56. The van der Waals surface area contributed by atoms with Crippen molar-refractivity contribution in [2.75, 3.05) is 13.1 Å². The van der Waals surface area contributed by atoms with Crippen LogP contribution in [-0.2, 0) is 4.79 Å². The van der Waals surface area contributed by atoms with E-state index in [-0.39, 0.29) is 18.8 Å². The van der Waals surface area contributed by atoms with Crippen LogP contribution < -0.4 is 11.3 Å². The fourth-order valence-corrected chi connectivity index (χ4v) is 1.13. The normalized spacial score (nSPS) is 9.88. The van der Waals surface area contributed by atoms with Crippen molar-refractivity contribution in [2.24, 2.45) is 5.73 Å². The largest absolute Gasteiger partial charge is 0.329 e. The minimum Gasteiger partial charge on any atom is -0.329 e. The van der Waals surface area contributed by atoms with Gasteiger partial charge in [0, 0.05) is 26.2 Å². The molecule has 1 rings (SSSR count). The van der Waals surface area contributed by atoms with Gasteiger partial charge in [-0.05, 0) is 0 Å². The van der Waals surface area contributed by atoms with Crippen molar-refractivity contribution in [1.82, 2.24) is 14.9 Å². The van der Waals surface area contributed by atoms with E-state index in [1.807, 2.05) is 0 Å². The molecule has 86 valence electrons. The number of imide groups is 1. The maximum absolute atomic E-state index is 11.8. The molecule has 0 unspecified atom stereocenters. The highest BCUT2D eigenvalue weighted by Crippen LogP contribution is 1.99. The first-order valence-electron chi connectivity index (χ1n) is 4.63. The van der Waals surface area contributed by atoms with Crippen LogP contribution in [0.15, 0.2) is 17.2 Å². The van der Waals surface area contributed by atoms with Crippen LogP contribution in [0.2, 0.25) is 0 Å². The number of nitrogens with one attached hydrogen (secondary N) is 1. The molecule has 7 nitrogen and oxygen atoms in total. The monoisotopic (exact) mass is 224 g/mol. The Balaban J connectivity index is 2.94. The fourth-order valence-electron chi connectivity index (χ4n) is 1.13. The molecule has 1 aromatic heterocycles. The van der Waals surface area contributed by atoms with E-state index in [2.05, 4.69) is 9.97 Å². The SMILES string of the molecule is CC(=O)N(CCN)C(=O)c1c[nH]c(=O)cn1. The van der Waals surface area contributed by atoms with E-state index in [1.54, 1.807) is 0 Å². The van der Waals surface area contributed by atoms with Crippen molar-refractivity contribution in [3.05, 3.63) is 28.4 Å². The molecule has 0 fully saturated rings. The van der Waals surface area contributed by atoms with Gasteiger partial charge >= 0.3 is 0 Å². The first-order chi connectivity index (χ1) is 7.56. The lowest BCUT2D eigenvalue weighted by molar-refractivity contribution is -0.126. The molecular formula is C9H12N4O3. The molecule has 16 heavy (non-hydrogen) atoms. The van der Waals surface area contributed by atoms with E-state index < -0.39 is 17.4 Å². The molecule has 3 N–H and O–H groups in total. The number of aromatic nitrogens is 2. The zero-order valence-corrected chi connectivity index (χ0v) is 8.77. The second-order valence-corrected chi connectivity index (χ2v) is 3.06. The van der Waals surface area contributed by atoms with E-state index in [9.17, 15) is 14.4 Å². The number of carbonyl (C=O) groups excluding carboxylic acids is 2. The van der Waals surface area contributed by atoms with Gasteiger partial charge in [-0.3, -0.25) is 19.3 Å². The first-order valence-corrected chi connectivity index (χ1v) is 4.63. The summed E-state index contributed by atoms with van der Waals surface area (Å²) in [5, 5.41) is 0. The molecule has 7 heteroatoms. The lowest BCUT2D eigenvalue weighted by Crippen LogP contribution is -2.39. The van der Waals surface area contributed by atoms with E-state index in [1.165, 1.54) is 6.92 Å². The number of amides is 2. The van der Waals surface area contributed by atoms with Crippen molar-refractivity contribution in [2.45, 2.75) is 6.92 Å². The van der Waals surface area contributed by atoms with Crippen LogP contribution in [0.5, 0.6) is 0 Å². The molecule has 0 saturated carbocycles. The lowest BCUT2D eigenvalue weighted by Gasteiger charge is -2.17. The van der Waals surface area contributed by atoms with Gasteiger partial charge in [-0.1, -0.05) is 0 Å². The highest BCUT2D eigenvalue weighted by molar-refractivity contribution is 6.02. The molecule has 0 aliphatic heterocycles. The molecule has 0 aliphatic carbocycles. The third-order valence-electron chi connectivity index (χ3n) is 1.87. The maximum Gasteiger partial charge on any atom is 0.280 e. The molecule has 0 saturated heterocycles. The molecule has 0 aliphatic rings. The lowest BCUT2D eigenvalue weighted by atomic mass is 10.3. The molecule has 0 radical (unpaired) electrons. The van der Waals surface area contributed by atoms with Crippen molar-refractivity contribution in [1.29, 1.82) is 0 Å². The van der Waals surface area contributed by atoms with Gasteiger partial charge in [0.05, 0.1) is 6.20 Å². The Hall–Kier alpha value is -2.02. The second-order valence-electron chi connectivity index (χ2n) is 3.06. The Morgan fingerprint density at radius 3 is 2.69 bits per heavy atom. The van der Waals surface area contributed by atoms with Crippen LogP contribution >= 0.6 is 0 Å². The Bertz CT molecular complexity index is 434. The van der Waals surface area contributed by atoms with Gasteiger partial charge in [0.1, 0.15) is 5.69 Å². The predicted octanol–water partition coefficient (Wildman–Crippen LogP) is -1.28. The third kappa shape index (κ3) is 2.74. The zero-order chi connectivity index (χ0) is 12.1. The second kappa shape index (κ2) is 5.17. The Kier molecular flexibility index (Phi) is 3.90.